The van der Waals surface area contributed by atoms with Crippen molar-refractivity contribution in [3.05, 3.63) is 0 Å². The number of rotatable bonds is 2. The maximum absolute atomic E-state index is 12.3. The van der Waals surface area contributed by atoms with Gasteiger partial charge < -0.3 is 15.0 Å². The summed E-state index contributed by atoms with van der Waals surface area (Å²) in [5.74, 6) is 0.531. The molecule has 2 atom stereocenters. The number of likely N-dealkylation sites (tertiary alicyclic amines) is 1. The predicted molar refractivity (Wildman–Crippen MR) is 90.2 cm³/mol. The van der Waals surface area contributed by atoms with Crippen LogP contribution in [0.1, 0.15) is 53.4 Å². The highest BCUT2D eigenvalue weighted by Gasteiger charge is 2.35. The first-order valence-corrected chi connectivity index (χ1v) is 10.4. The van der Waals surface area contributed by atoms with Crippen molar-refractivity contribution in [2.24, 2.45) is 0 Å². The van der Waals surface area contributed by atoms with Crippen molar-refractivity contribution in [2.45, 2.75) is 77.1 Å². The first kappa shape index (κ1) is 18.5. The molecule has 0 aromatic heterocycles. The van der Waals surface area contributed by atoms with Gasteiger partial charge in [0.1, 0.15) is 15.4 Å². The number of hydrogen-bond donors (Lipinski definition) is 1. The van der Waals surface area contributed by atoms with Gasteiger partial charge in [-0.2, -0.15) is 0 Å². The average molecular weight is 346 g/mol. The van der Waals surface area contributed by atoms with Crippen molar-refractivity contribution in [2.75, 3.05) is 18.1 Å². The summed E-state index contributed by atoms with van der Waals surface area (Å²) in [4.78, 5) is 14.1. The molecule has 0 aromatic carbocycles. The monoisotopic (exact) mass is 346 g/mol. The lowest BCUT2D eigenvalue weighted by Gasteiger charge is -2.42. The predicted octanol–water partition coefficient (Wildman–Crippen LogP) is 1.94. The fraction of sp³-hybridized carbons (Fsp3) is 0.938. The molecule has 2 aliphatic rings. The van der Waals surface area contributed by atoms with Gasteiger partial charge in [-0.1, -0.05) is 0 Å². The lowest BCUT2D eigenvalue weighted by molar-refractivity contribution is 0.00624. The highest BCUT2D eigenvalue weighted by Crippen LogP contribution is 2.23. The van der Waals surface area contributed by atoms with E-state index >= 15 is 0 Å². The summed E-state index contributed by atoms with van der Waals surface area (Å²) in [7, 11) is -2.84. The summed E-state index contributed by atoms with van der Waals surface area (Å²) in [6, 6.07) is 0.476. The minimum Gasteiger partial charge on any atom is -0.444 e. The van der Waals surface area contributed by atoms with Gasteiger partial charge >= 0.3 is 6.09 Å². The third-order valence-corrected chi connectivity index (χ3v) is 6.34. The number of ether oxygens (including phenoxy) is 1. The van der Waals surface area contributed by atoms with Gasteiger partial charge in [-0.3, -0.25) is 0 Å². The van der Waals surface area contributed by atoms with Gasteiger partial charge in [0, 0.05) is 24.7 Å². The van der Waals surface area contributed by atoms with E-state index in [1.807, 2.05) is 27.7 Å². The van der Waals surface area contributed by atoms with Gasteiger partial charge in [0.05, 0.1) is 11.5 Å². The third-order valence-electron chi connectivity index (χ3n) is 4.62. The highest BCUT2D eigenvalue weighted by molar-refractivity contribution is 7.91. The van der Waals surface area contributed by atoms with E-state index in [1.54, 1.807) is 4.90 Å². The third kappa shape index (κ3) is 5.35. The van der Waals surface area contributed by atoms with Crippen LogP contribution in [0.5, 0.6) is 0 Å². The molecular formula is C16H30N2O4S. The molecule has 6 nitrogen and oxygen atoms in total. The van der Waals surface area contributed by atoms with Gasteiger partial charge in [-0.15, -0.1) is 0 Å². The summed E-state index contributed by atoms with van der Waals surface area (Å²) in [6.45, 7) is 8.38. The van der Waals surface area contributed by atoms with E-state index in [4.69, 9.17) is 4.74 Å². The minimum absolute atomic E-state index is 0.0529. The van der Waals surface area contributed by atoms with Crippen LogP contribution in [0.3, 0.4) is 0 Å². The Kier molecular flexibility index (Phi) is 5.61. The largest absolute Gasteiger partial charge is 0.444 e. The molecule has 2 saturated heterocycles. The zero-order chi connectivity index (χ0) is 17.3. The van der Waals surface area contributed by atoms with Crippen LogP contribution in [-0.4, -0.2) is 61.2 Å². The van der Waals surface area contributed by atoms with Crippen LogP contribution >= 0.6 is 0 Å². The van der Waals surface area contributed by atoms with Gasteiger partial charge in [0.15, 0.2) is 0 Å². The molecule has 23 heavy (non-hydrogen) atoms. The average Bonchev–Trinajstić information content (AvgIpc) is 2.41. The summed E-state index contributed by atoms with van der Waals surface area (Å²) < 4.78 is 28.6. The Hall–Kier alpha value is -0.820. The second-order valence-electron chi connectivity index (χ2n) is 7.76. The van der Waals surface area contributed by atoms with E-state index in [-0.39, 0.29) is 35.7 Å². The van der Waals surface area contributed by atoms with E-state index < -0.39 is 15.4 Å². The van der Waals surface area contributed by atoms with Crippen LogP contribution in [0.25, 0.3) is 0 Å². The van der Waals surface area contributed by atoms with Crippen molar-refractivity contribution in [1.82, 2.24) is 10.2 Å². The summed E-state index contributed by atoms with van der Waals surface area (Å²) >= 11 is 0. The number of carbonyl (C=O) groups excluding carboxylic acids is 1. The second-order valence-corrected chi connectivity index (χ2v) is 10.1. The molecule has 0 radical (unpaired) electrons. The van der Waals surface area contributed by atoms with Gasteiger partial charge in [-0.25, -0.2) is 13.2 Å². The molecule has 134 valence electrons. The molecule has 0 spiro atoms. The van der Waals surface area contributed by atoms with E-state index in [0.717, 1.165) is 12.8 Å². The molecule has 0 bridgehead atoms. The number of amides is 1. The smallest absolute Gasteiger partial charge is 0.410 e. The van der Waals surface area contributed by atoms with Gasteiger partial charge in [0.25, 0.3) is 0 Å². The van der Waals surface area contributed by atoms with E-state index in [9.17, 15) is 13.2 Å². The Bertz CT molecular complexity index is 513. The molecule has 0 aliphatic carbocycles. The van der Waals surface area contributed by atoms with Crippen LogP contribution in [0.4, 0.5) is 4.79 Å². The Morgan fingerprint density at radius 1 is 1.17 bits per heavy atom. The molecule has 2 rings (SSSR count). The summed E-state index contributed by atoms with van der Waals surface area (Å²) in [6.07, 6.45) is 3.01. The van der Waals surface area contributed by atoms with Gasteiger partial charge in [-0.05, 0) is 53.4 Å². The first-order chi connectivity index (χ1) is 10.6. The molecule has 2 unspecified atom stereocenters. The Morgan fingerprint density at radius 3 is 2.35 bits per heavy atom. The van der Waals surface area contributed by atoms with E-state index in [2.05, 4.69) is 5.32 Å². The standard InChI is InChI=1S/C16H30N2O4S/c1-12-14(17-13-7-10-23(20,21)11-8-13)6-5-9-18(12)15(19)22-16(2,3)4/h12-14,17H,5-11H2,1-4H3. The topological polar surface area (TPSA) is 75.7 Å². The lowest BCUT2D eigenvalue weighted by Crippen LogP contribution is -2.57. The number of hydrogen-bond acceptors (Lipinski definition) is 5. The molecule has 1 amide bonds. The SMILES string of the molecule is CC1C(NC2CCS(=O)(=O)CC2)CCCN1C(=O)OC(C)(C)C. The Balaban J connectivity index is 1.92. The van der Waals surface area contributed by atoms with Gasteiger partial charge in [0.2, 0.25) is 0 Å². The van der Waals surface area contributed by atoms with Crippen molar-refractivity contribution in [3.8, 4) is 0 Å². The molecule has 0 saturated carbocycles. The molecule has 1 N–H and O–H groups in total. The number of nitrogens with one attached hydrogen (secondary N) is 1. The van der Waals surface area contributed by atoms with E-state index in [1.165, 1.54) is 0 Å². The first-order valence-electron chi connectivity index (χ1n) is 8.53. The number of nitrogens with zero attached hydrogens (tertiary/aromatic N) is 1. The van der Waals surface area contributed by atoms with Crippen LogP contribution in [0, 0.1) is 0 Å². The van der Waals surface area contributed by atoms with Crippen molar-refractivity contribution >= 4 is 15.9 Å². The molecule has 2 fully saturated rings. The fourth-order valence-electron chi connectivity index (χ4n) is 3.30. The Labute approximate surface area is 139 Å². The zero-order valence-corrected chi connectivity index (χ0v) is 15.5. The van der Waals surface area contributed by atoms with Crippen molar-refractivity contribution in [3.63, 3.8) is 0 Å². The Morgan fingerprint density at radius 2 is 1.78 bits per heavy atom. The number of sulfone groups is 1. The summed E-state index contributed by atoms with van der Waals surface area (Å²) in [5.41, 5.74) is -0.491. The van der Waals surface area contributed by atoms with Crippen LogP contribution in [0.15, 0.2) is 0 Å². The van der Waals surface area contributed by atoms with Crippen LogP contribution in [0.2, 0.25) is 0 Å². The second kappa shape index (κ2) is 6.97. The maximum atomic E-state index is 12.3. The van der Waals surface area contributed by atoms with Crippen molar-refractivity contribution in [1.29, 1.82) is 0 Å². The maximum Gasteiger partial charge on any atom is 0.410 e. The highest BCUT2D eigenvalue weighted by atomic mass is 32.2. The quantitative estimate of drug-likeness (QED) is 0.827. The van der Waals surface area contributed by atoms with Crippen LogP contribution in [-0.2, 0) is 14.6 Å². The molecule has 2 aliphatic heterocycles. The fourth-order valence-corrected chi connectivity index (χ4v) is 4.80. The van der Waals surface area contributed by atoms with Crippen LogP contribution < -0.4 is 5.32 Å². The number of carbonyl (C=O) groups is 1. The molecule has 2 heterocycles. The lowest BCUT2D eigenvalue weighted by atomic mass is 9.96. The van der Waals surface area contributed by atoms with E-state index in [0.29, 0.717) is 19.4 Å². The molecule has 7 heteroatoms. The number of piperidine rings is 1. The summed E-state index contributed by atoms with van der Waals surface area (Å²) in [5, 5.41) is 3.58. The molecule has 0 aromatic rings. The molecular weight excluding hydrogens is 316 g/mol. The minimum atomic E-state index is -2.84. The zero-order valence-electron chi connectivity index (χ0n) is 14.7. The van der Waals surface area contributed by atoms with Crippen molar-refractivity contribution < 1.29 is 17.9 Å². The normalized spacial score (nSPS) is 29.3.